The molecule has 33 heavy (non-hydrogen) atoms. The molecule has 0 aliphatic rings. The maximum Gasteiger partial charge on any atom is 0.434 e. The van der Waals surface area contributed by atoms with Gasteiger partial charge in [0, 0.05) is 17.8 Å². The monoisotopic (exact) mass is 452 g/mol. The highest BCUT2D eigenvalue weighted by molar-refractivity contribution is 5.72. The quantitative estimate of drug-likeness (QED) is 0.347. The Bertz CT molecular complexity index is 1400. The van der Waals surface area contributed by atoms with Crippen molar-refractivity contribution in [3.63, 3.8) is 0 Å². The number of aromatic nitrogens is 6. The van der Waals surface area contributed by atoms with Gasteiger partial charge in [-0.2, -0.15) is 13.2 Å². The summed E-state index contributed by atoms with van der Waals surface area (Å²) in [4.78, 5) is 17.1. The second-order valence-electron chi connectivity index (χ2n) is 7.90. The van der Waals surface area contributed by atoms with E-state index in [0.29, 0.717) is 34.9 Å². The van der Waals surface area contributed by atoms with E-state index in [1.807, 2.05) is 30.5 Å². The van der Waals surface area contributed by atoms with Gasteiger partial charge in [0.1, 0.15) is 11.3 Å². The average Bonchev–Trinajstić information content (AvgIpc) is 3.53. The van der Waals surface area contributed by atoms with E-state index in [1.54, 1.807) is 43.1 Å². The Kier molecular flexibility index (Phi) is 4.99. The van der Waals surface area contributed by atoms with Crippen LogP contribution in [-0.4, -0.2) is 29.1 Å². The highest BCUT2D eigenvalue weighted by Gasteiger charge is 2.35. The Balaban J connectivity index is 1.44. The summed E-state index contributed by atoms with van der Waals surface area (Å²) in [6, 6.07) is 10.7. The number of furan rings is 1. The normalized spacial score (nSPS) is 12.2. The van der Waals surface area contributed by atoms with Gasteiger partial charge in [-0.3, -0.25) is 0 Å². The van der Waals surface area contributed by atoms with Crippen LogP contribution in [0.4, 0.5) is 13.2 Å². The topological polar surface area (TPSA) is 74.6 Å². The molecule has 0 atom stereocenters. The number of fused-ring (bicyclic) bond motifs is 1. The molecule has 4 heterocycles. The van der Waals surface area contributed by atoms with E-state index in [0.717, 1.165) is 11.8 Å². The fraction of sp³-hybridized carbons (Fsp3) is 0.217. The van der Waals surface area contributed by atoms with Crippen molar-refractivity contribution < 1.29 is 17.6 Å². The number of nitrogens with zero attached hydrogens (tertiary/aromatic N) is 6. The van der Waals surface area contributed by atoms with Crippen LogP contribution in [0, 0.1) is 0 Å². The lowest BCUT2D eigenvalue weighted by Gasteiger charge is -2.12. The molecule has 0 unspecified atom stereocenters. The third-order valence-corrected chi connectivity index (χ3v) is 5.24. The standard InChI is InChI=1S/C23H19F3N6O/c1-14(2)32-12-19(23(24,25)26)29-21(32)16-7-5-15(6-8-16)11-31-13-28-17-10-27-20(30-22(17)31)18-4-3-9-33-18/h3-10,12-14H,11H2,1-2H3. The maximum atomic E-state index is 13.2. The summed E-state index contributed by atoms with van der Waals surface area (Å²) in [6.07, 6.45) is 1.45. The van der Waals surface area contributed by atoms with Crippen molar-refractivity contribution in [3.8, 4) is 23.0 Å². The lowest BCUT2D eigenvalue weighted by Crippen LogP contribution is -2.05. The molecular weight excluding hydrogens is 433 g/mol. The van der Waals surface area contributed by atoms with E-state index in [2.05, 4.69) is 19.9 Å². The van der Waals surface area contributed by atoms with E-state index in [9.17, 15) is 13.2 Å². The van der Waals surface area contributed by atoms with Gasteiger partial charge in [0.05, 0.1) is 25.3 Å². The van der Waals surface area contributed by atoms with Crippen LogP contribution in [0.1, 0.15) is 31.1 Å². The number of hydrogen-bond acceptors (Lipinski definition) is 5. The van der Waals surface area contributed by atoms with Crippen molar-refractivity contribution in [1.82, 2.24) is 29.1 Å². The maximum absolute atomic E-state index is 13.2. The Labute approximate surface area is 186 Å². The zero-order valence-corrected chi connectivity index (χ0v) is 17.8. The second-order valence-corrected chi connectivity index (χ2v) is 7.90. The number of halogens is 3. The summed E-state index contributed by atoms with van der Waals surface area (Å²) in [6.45, 7) is 4.13. The molecule has 1 aromatic carbocycles. The Morgan fingerprint density at radius 2 is 1.82 bits per heavy atom. The van der Waals surface area contributed by atoms with Gasteiger partial charge in [-0.15, -0.1) is 0 Å². The molecule has 5 rings (SSSR count). The molecule has 0 aliphatic carbocycles. The van der Waals surface area contributed by atoms with Crippen LogP contribution in [0.5, 0.6) is 0 Å². The van der Waals surface area contributed by atoms with E-state index >= 15 is 0 Å². The van der Waals surface area contributed by atoms with Gasteiger partial charge in [0.2, 0.25) is 0 Å². The summed E-state index contributed by atoms with van der Waals surface area (Å²) < 4.78 is 48.3. The highest BCUT2D eigenvalue weighted by Crippen LogP contribution is 2.32. The van der Waals surface area contributed by atoms with Gasteiger partial charge in [-0.05, 0) is 31.5 Å². The van der Waals surface area contributed by atoms with E-state index < -0.39 is 11.9 Å². The molecular formula is C23H19F3N6O. The van der Waals surface area contributed by atoms with Crippen molar-refractivity contribution in [2.45, 2.75) is 32.6 Å². The van der Waals surface area contributed by atoms with E-state index in [4.69, 9.17) is 4.42 Å². The minimum absolute atomic E-state index is 0.163. The molecule has 7 nitrogen and oxygen atoms in total. The van der Waals surface area contributed by atoms with Crippen LogP contribution in [0.25, 0.3) is 34.1 Å². The van der Waals surface area contributed by atoms with E-state index in [1.165, 1.54) is 4.57 Å². The van der Waals surface area contributed by atoms with Crippen molar-refractivity contribution in [3.05, 3.63) is 72.6 Å². The lowest BCUT2D eigenvalue weighted by molar-refractivity contribution is -0.140. The summed E-state index contributed by atoms with van der Waals surface area (Å²) >= 11 is 0. The first-order valence-corrected chi connectivity index (χ1v) is 10.3. The van der Waals surface area contributed by atoms with Crippen LogP contribution in [0.2, 0.25) is 0 Å². The smallest absolute Gasteiger partial charge is 0.434 e. The van der Waals surface area contributed by atoms with Crippen LogP contribution >= 0.6 is 0 Å². The van der Waals surface area contributed by atoms with Crippen LogP contribution in [-0.2, 0) is 12.7 Å². The number of alkyl halides is 3. The van der Waals surface area contributed by atoms with Gasteiger partial charge in [-0.1, -0.05) is 24.3 Å². The minimum atomic E-state index is -4.49. The molecule has 168 valence electrons. The molecule has 0 saturated carbocycles. The fourth-order valence-corrected chi connectivity index (χ4v) is 3.59. The lowest BCUT2D eigenvalue weighted by atomic mass is 10.1. The molecule has 0 spiro atoms. The van der Waals surface area contributed by atoms with Gasteiger partial charge in [-0.25, -0.2) is 19.9 Å². The van der Waals surface area contributed by atoms with Gasteiger partial charge in [0.25, 0.3) is 0 Å². The predicted molar refractivity (Wildman–Crippen MR) is 115 cm³/mol. The largest absolute Gasteiger partial charge is 0.461 e. The van der Waals surface area contributed by atoms with Crippen molar-refractivity contribution >= 4 is 11.2 Å². The Morgan fingerprint density at radius 3 is 2.48 bits per heavy atom. The molecule has 0 amide bonds. The molecule has 0 saturated heterocycles. The average molecular weight is 452 g/mol. The van der Waals surface area contributed by atoms with E-state index in [-0.39, 0.29) is 11.9 Å². The second kappa shape index (κ2) is 7.88. The van der Waals surface area contributed by atoms with Crippen LogP contribution in [0.3, 0.4) is 0 Å². The summed E-state index contributed by atoms with van der Waals surface area (Å²) in [7, 11) is 0. The zero-order valence-electron chi connectivity index (χ0n) is 17.8. The summed E-state index contributed by atoms with van der Waals surface area (Å²) in [5, 5.41) is 0. The van der Waals surface area contributed by atoms with Crippen molar-refractivity contribution in [2.75, 3.05) is 0 Å². The summed E-state index contributed by atoms with van der Waals surface area (Å²) in [5.74, 6) is 1.31. The fourth-order valence-electron chi connectivity index (χ4n) is 3.59. The van der Waals surface area contributed by atoms with Gasteiger partial charge in [0.15, 0.2) is 22.9 Å². The Morgan fingerprint density at radius 1 is 1.03 bits per heavy atom. The first kappa shape index (κ1) is 20.9. The number of benzene rings is 1. The highest BCUT2D eigenvalue weighted by atomic mass is 19.4. The zero-order chi connectivity index (χ0) is 23.2. The molecule has 0 radical (unpaired) electrons. The molecule has 0 bridgehead atoms. The number of hydrogen-bond donors (Lipinski definition) is 0. The van der Waals surface area contributed by atoms with Gasteiger partial charge < -0.3 is 13.6 Å². The molecule has 0 aliphatic heterocycles. The van der Waals surface area contributed by atoms with Crippen molar-refractivity contribution in [1.29, 1.82) is 0 Å². The molecule has 5 aromatic rings. The minimum Gasteiger partial charge on any atom is -0.461 e. The SMILES string of the molecule is CC(C)n1cc(C(F)(F)F)nc1-c1ccc(Cn2cnc3cnc(-c4ccco4)nc32)cc1. The molecule has 4 aromatic heterocycles. The molecule has 0 fully saturated rings. The first-order valence-electron chi connectivity index (χ1n) is 10.3. The molecule has 10 heteroatoms. The summed E-state index contributed by atoms with van der Waals surface area (Å²) in [5.41, 5.74) is 1.97. The third-order valence-electron chi connectivity index (χ3n) is 5.24. The van der Waals surface area contributed by atoms with Crippen LogP contribution in [0.15, 0.2) is 65.8 Å². The van der Waals surface area contributed by atoms with Crippen molar-refractivity contribution in [2.24, 2.45) is 0 Å². The van der Waals surface area contributed by atoms with Crippen LogP contribution < -0.4 is 0 Å². The first-order chi connectivity index (χ1) is 15.8. The molecule has 0 N–H and O–H groups in total. The number of imidazole rings is 2. The Hall–Kier alpha value is -3.95. The third kappa shape index (κ3) is 3.99. The number of rotatable bonds is 5. The predicted octanol–water partition coefficient (Wildman–Crippen LogP) is 5.60. The van der Waals surface area contributed by atoms with Gasteiger partial charge >= 0.3 is 6.18 Å².